The van der Waals surface area contributed by atoms with Crippen LogP contribution in [-0.4, -0.2) is 12.2 Å². The molecule has 0 unspecified atom stereocenters. The van der Waals surface area contributed by atoms with Crippen molar-refractivity contribution in [2.75, 3.05) is 0 Å². The van der Waals surface area contributed by atoms with Gasteiger partial charge in [-0.2, -0.15) is 0 Å². The summed E-state index contributed by atoms with van der Waals surface area (Å²) in [7, 11) is -1.68. The molecule has 280 valence electrons. The molecule has 0 fully saturated rings. The quantitative estimate of drug-likeness (QED) is 0.116. The van der Waals surface area contributed by atoms with Gasteiger partial charge in [-0.15, -0.1) is 0 Å². The molecule has 55 heavy (non-hydrogen) atoms. The lowest BCUT2D eigenvalue weighted by atomic mass is 9.98. The van der Waals surface area contributed by atoms with Gasteiger partial charge in [-0.05, 0) is 116 Å². The second-order valence-corrected chi connectivity index (χ2v) is 19.6. The van der Waals surface area contributed by atoms with E-state index in [0.29, 0.717) is 0 Å². The fraction of sp³-hybridized carbons (Fsp3) is 0.294. The van der Waals surface area contributed by atoms with Crippen molar-refractivity contribution in [3.8, 4) is 11.5 Å². The molecule has 2 aliphatic heterocycles. The second-order valence-electron chi connectivity index (χ2n) is 15.2. The summed E-state index contributed by atoms with van der Waals surface area (Å²) in [6, 6.07) is 54.6. The van der Waals surface area contributed by atoms with Gasteiger partial charge >= 0.3 is 0 Å². The Labute approximate surface area is 331 Å². The van der Waals surface area contributed by atoms with Crippen LogP contribution >= 0.6 is 15.8 Å². The molecule has 4 heteroatoms. The number of ether oxygens (including phenoxy) is 2. The Balaban J connectivity index is 1.30. The van der Waals surface area contributed by atoms with Gasteiger partial charge in [0.2, 0.25) is 0 Å². The number of fused-ring (bicyclic) bond motifs is 6. The van der Waals surface area contributed by atoms with E-state index in [1.807, 2.05) is 0 Å². The Morgan fingerprint density at radius 2 is 0.818 bits per heavy atom. The standard InChI is InChI=1S/C51H54O2P2/c1-3-5-20-38-32-40-36-42-22-19-23-43(52-50(40)48(34-38)54(44-24-11-7-12-25-44)45-26-13-8-14-27-45)37-41-33-39(21-6-4-2)35-49(51(41)53-42)55(46-28-15-9-16-29-46)47-30-17-10-18-31-47/h7-18,24-35,42-43H,3-6,19-23,36-37H2,1-2H3/t42-,43-/m1/s1. The van der Waals surface area contributed by atoms with E-state index in [0.717, 1.165) is 56.4 Å². The summed E-state index contributed by atoms with van der Waals surface area (Å²) >= 11 is 0. The van der Waals surface area contributed by atoms with Crippen molar-refractivity contribution >= 4 is 47.7 Å². The summed E-state index contributed by atoms with van der Waals surface area (Å²) in [6.45, 7) is 4.59. The number of hydrogen-bond acceptors (Lipinski definition) is 2. The third-order valence-corrected chi connectivity index (χ3v) is 16.0. The van der Waals surface area contributed by atoms with Crippen molar-refractivity contribution in [2.24, 2.45) is 0 Å². The molecule has 0 N–H and O–H groups in total. The van der Waals surface area contributed by atoms with Crippen LogP contribution in [0.15, 0.2) is 146 Å². The van der Waals surface area contributed by atoms with Gasteiger partial charge in [-0.25, -0.2) is 0 Å². The molecule has 2 aliphatic rings. The summed E-state index contributed by atoms with van der Waals surface area (Å²) in [5, 5.41) is 8.18. The molecular formula is C51H54O2P2. The Morgan fingerprint density at radius 3 is 1.15 bits per heavy atom. The molecule has 0 aliphatic carbocycles. The van der Waals surface area contributed by atoms with Crippen LogP contribution in [0.5, 0.6) is 11.5 Å². The SMILES string of the molecule is CCCCc1cc2c(c(P(c3ccccc3)c3ccccc3)c1)O[C@@H]1CCC[C@H](C2)Oc2c(cc(CCCC)cc2P(c2ccccc2)c2ccccc2)C1. The molecule has 6 aromatic carbocycles. The fourth-order valence-electron chi connectivity index (χ4n) is 8.40. The molecule has 0 amide bonds. The highest BCUT2D eigenvalue weighted by Gasteiger charge is 2.33. The average molecular weight is 761 g/mol. The third-order valence-electron chi connectivity index (χ3n) is 11.1. The summed E-state index contributed by atoms with van der Waals surface area (Å²) in [4.78, 5) is 0. The molecule has 2 heterocycles. The van der Waals surface area contributed by atoms with E-state index < -0.39 is 15.8 Å². The van der Waals surface area contributed by atoms with Gasteiger partial charge in [-0.1, -0.05) is 160 Å². The van der Waals surface area contributed by atoms with E-state index in [1.165, 1.54) is 79.8 Å². The van der Waals surface area contributed by atoms with Gasteiger partial charge in [0.05, 0.1) is 0 Å². The Bertz CT molecular complexity index is 1900. The monoisotopic (exact) mass is 760 g/mol. The van der Waals surface area contributed by atoms with Crippen molar-refractivity contribution in [2.45, 2.75) is 96.7 Å². The summed E-state index contributed by atoms with van der Waals surface area (Å²) < 4.78 is 15.1. The van der Waals surface area contributed by atoms with Gasteiger partial charge in [-0.3, -0.25) is 0 Å². The first-order valence-electron chi connectivity index (χ1n) is 20.6. The Hall–Kier alpha value is -4.22. The van der Waals surface area contributed by atoms with Crippen LogP contribution in [-0.2, 0) is 25.7 Å². The Kier molecular flexibility index (Phi) is 12.4. The van der Waals surface area contributed by atoms with E-state index >= 15 is 0 Å². The molecule has 8 rings (SSSR count). The summed E-state index contributed by atoms with van der Waals surface area (Å²) in [5.74, 6) is 2.22. The zero-order valence-corrected chi connectivity index (χ0v) is 34.3. The van der Waals surface area contributed by atoms with E-state index in [2.05, 4.69) is 159 Å². The van der Waals surface area contributed by atoms with Crippen LogP contribution < -0.4 is 41.3 Å². The van der Waals surface area contributed by atoms with Crippen LogP contribution in [0.3, 0.4) is 0 Å². The van der Waals surface area contributed by atoms with E-state index in [-0.39, 0.29) is 12.2 Å². The van der Waals surface area contributed by atoms with Crippen molar-refractivity contribution in [1.29, 1.82) is 0 Å². The zero-order valence-electron chi connectivity index (χ0n) is 32.5. The first-order valence-corrected chi connectivity index (χ1v) is 23.3. The molecular weight excluding hydrogens is 707 g/mol. The highest BCUT2D eigenvalue weighted by Crippen LogP contribution is 2.44. The minimum absolute atomic E-state index is 0.0514. The largest absolute Gasteiger partial charge is 0.489 e. The minimum Gasteiger partial charge on any atom is -0.489 e. The molecule has 0 spiro atoms. The molecule has 0 radical (unpaired) electrons. The fourth-order valence-corrected chi connectivity index (χ4v) is 13.4. The van der Waals surface area contributed by atoms with Gasteiger partial charge in [0, 0.05) is 23.5 Å². The maximum atomic E-state index is 7.57. The number of unbranched alkanes of at least 4 members (excludes halogenated alkanes) is 2. The van der Waals surface area contributed by atoms with Gasteiger partial charge in [0.15, 0.2) is 0 Å². The summed E-state index contributed by atoms with van der Waals surface area (Å²) in [5.41, 5.74) is 5.47. The second kappa shape index (κ2) is 18.2. The third kappa shape index (κ3) is 8.78. The number of aryl methyl sites for hydroxylation is 2. The van der Waals surface area contributed by atoms with E-state index in [4.69, 9.17) is 9.47 Å². The van der Waals surface area contributed by atoms with Crippen LogP contribution in [0.4, 0.5) is 0 Å². The lowest BCUT2D eigenvalue weighted by Gasteiger charge is -2.31. The maximum Gasteiger partial charge on any atom is 0.131 e. The number of rotatable bonds is 12. The average Bonchev–Trinajstić information content (AvgIpc) is 3.37. The van der Waals surface area contributed by atoms with E-state index in [1.54, 1.807) is 0 Å². The lowest BCUT2D eigenvalue weighted by molar-refractivity contribution is 0.189. The van der Waals surface area contributed by atoms with Crippen molar-refractivity contribution < 1.29 is 9.47 Å². The van der Waals surface area contributed by atoms with Crippen LogP contribution in [0, 0.1) is 0 Å². The predicted octanol–water partition coefficient (Wildman–Crippen LogP) is 10.4. The Morgan fingerprint density at radius 1 is 0.473 bits per heavy atom. The molecule has 2 nitrogen and oxygen atoms in total. The topological polar surface area (TPSA) is 18.5 Å². The van der Waals surface area contributed by atoms with Crippen LogP contribution in [0.1, 0.15) is 81.0 Å². The van der Waals surface area contributed by atoms with Crippen LogP contribution in [0.2, 0.25) is 0 Å². The highest BCUT2D eigenvalue weighted by atomic mass is 31.1. The number of benzene rings is 6. The van der Waals surface area contributed by atoms with Crippen LogP contribution in [0.25, 0.3) is 0 Å². The van der Waals surface area contributed by atoms with Gasteiger partial charge < -0.3 is 9.47 Å². The molecule has 2 atom stereocenters. The van der Waals surface area contributed by atoms with E-state index in [9.17, 15) is 0 Å². The highest BCUT2D eigenvalue weighted by molar-refractivity contribution is 7.80. The normalized spacial score (nSPS) is 16.5. The van der Waals surface area contributed by atoms with Crippen molar-refractivity contribution in [3.05, 3.63) is 168 Å². The first kappa shape index (κ1) is 37.7. The minimum atomic E-state index is -0.839. The predicted molar refractivity (Wildman–Crippen MR) is 238 cm³/mol. The molecule has 6 aromatic rings. The molecule has 0 saturated heterocycles. The maximum absolute atomic E-state index is 7.57. The number of hydrogen-bond donors (Lipinski definition) is 0. The first-order chi connectivity index (χ1) is 27.2. The lowest BCUT2D eigenvalue weighted by Crippen LogP contribution is -2.31. The van der Waals surface area contributed by atoms with Gasteiger partial charge in [0.25, 0.3) is 0 Å². The van der Waals surface area contributed by atoms with Gasteiger partial charge in [0.1, 0.15) is 23.7 Å². The molecule has 2 bridgehead atoms. The smallest absolute Gasteiger partial charge is 0.131 e. The van der Waals surface area contributed by atoms with Crippen molar-refractivity contribution in [3.63, 3.8) is 0 Å². The zero-order chi connectivity index (χ0) is 37.4. The molecule has 0 aromatic heterocycles. The molecule has 0 saturated carbocycles. The van der Waals surface area contributed by atoms with Crippen molar-refractivity contribution in [1.82, 2.24) is 0 Å². The summed E-state index contributed by atoms with van der Waals surface area (Å²) in [6.07, 6.45) is 11.8.